The molecule has 0 radical (unpaired) electrons. The van der Waals surface area contributed by atoms with Crippen LogP contribution in [0.4, 0.5) is 0 Å². The van der Waals surface area contributed by atoms with Gasteiger partial charge < -0.3 is 14.7 Å². The Kier molecular flexibility index (Phi) is 5.55. The van der Waals surface area contributed by atoms with Gasteiger partial charge in [0, 0.05) is 20.1 Å². The summed E-state index contributed by atoms with van der Waals surface area (Å²) < 4.78 is 5.44. The zero-order valence-electron chi connectivity index (χ0n) is 13.1. The first-order valence-corrected chi connectivity index (χ1v) is 7.63. The monoisotopic (exact) mass is 305 g/mol. The molecule has 5 nitrogen and oxygen atoms in total. The molecule has 5 heteroatoms. The molecule has 0 aliphatic carbocycles. The van der Waals surface area contributed by atoms with Crippen molar-refractivity contribution in [2.75, 3.05) is 19.8 Å². The summed E-state index contributed by atoms with van der Waals surface area (Å²) in [6, 6.07) is 10.4. The van der Waals surface area contributed by atoms with Crippen molar-refractivity contribution in [2.24, 2.45) is 11.8 Å². The third-order valence-corrected chi connectivity index (χ3v) is 4.28. The summed E-state index contributed by atoms with van der Waals surface area (Å²) in [5.41, 5.74) is 1.21. The van der Waals surface area contributed by atoms with Crippen LogP contribution in [-0.2, 0) is 14.3 Å². The molecule has 1 N–H and O–H groups in total. The van der Waals surface area contributed by atoms with E-state index in [0.29, 0.717) is 12.5 Å². The summed E-state index contributed by atoms with van der Waals surface area (Å²) in [7, 11) is 0. The van der Waals surface area contributed by atoms with E-state index in [1.807, 2.05) is 23.1 Å². The molecular formula is C17H23NO4. The van der Waals surface area contributed by atoms with Crippen LogP contribution in [0.3, 0.4) is 0 Å². The second kappa shape index (κ2) is 7.40. The SMILES string of the molecule is CC(=O)O.CC(c1ccccc1)N1CC2CCOCC2C1=O. The minimum Gasteiger partial charge on any atom is -0.481 e. The number of rotatable bonds is 2. The van der Waals surface area contributed by atoms with Crippen molar-refractivity contribution in [2.45, 2.75) is 26.3 Å². The Bertz CT molecular complexity index is 513. The number of aliphatic carboxylic acids is 1. The van der Waals surface area contributed by atoms with Crippen molar-refractivity contribution in [1.29, 1.82) is 0 Å². The molecule has 2 heterocycles. The Labute approximate surface area is 130 Å². The fraction of sp³-hybridized carbons (Fsp3) is 0.529. The number of likely N-dealkylation sites (tertiary alicyclic amines) is 1. The van der Waals surface area contributed by atoms with Gasteiger partial charge in [-0.15, -0.1) is 0 Å². The minimum absolute atomic E-state index is 0.102. The highest BCUT2D eigenvalue weighted by Crippen LogP contribution is 2.35. The zero-order valence-corrected chi connectivity index (χ0v) is 13.1. The van der Waals surface area contributed by atoms with Gasteiger partial charge in [0.25, 0.3) is 5.97 Å². The van der Waals surface area contributed by atoms with Gasteiger partial charge in [0.1, 0.15) is 0 Å². The first-order valence-electron chi connectivity index (χ1n) is 7.63. The highest BCUT2D eigenvalue weighted by Gasteiger charge is 2.43. The van der Waals surface area contributed by atoms with Crippen molar-refractivity contribution in [1.82, 2.24) is 4.90 Å². The Balaban J connectivity index is 0.000000396. The average molecular weight is 305 g/mol. The second-order valence-corrected chi connectivity index (χ2v) is 5.83. The largest absolute Gasteiger partial charge is 0.481 e. The van der Waals surface area contributed by atoms with Crippen LogP contribution in [0.15, 0.2) is 30.3 Å². The molecule has 2 aliphatic heterocycles. The van der Waals surface area contributed by atoms with Gasteiger partial charge in [0.15, 0.2) is 0 Å². The molecule has 22 heavy (non-hydrogen) atoms. The second-order valence-electron chi connectivity index (χ2n) is 5.83. The van der Waals surface area contributed by atoms with Crippen molar-refractivity contribution < 1.29 is 19.4 Å². The molecule has 3 rings (SSSR count). The van der Waals surface area contributed by atoms with Crippen molar-refractivity contribution >= 4 is 11.9 Å². The minimum atomic E-state index is -0.833. The van der Waals surface area contributed by atoms with E-state index in [2.05, 4.69) is 19.1 Å². The number of fused-ring (bicyclic) bond motifs is 1. The maximum absolute atomic E-state index is 12.4. The quantitative estimate of drug-likeness (QED) is 0.910. The molecule has 1 aromatic rings. The maximum Gasteiger partial charge on any atom is 0.300 e. The lowest BCUT2D eigenvalue weighted by molar-refractivity contribution is -0.136. The van der Waals surface area contributed by atoms with Gasteiger partial charge in [0.05, 0.1) is 18.6 Å². The van der Waals surface area contributed by atoms with Gasteiger partial charge in [-0.05, 0) is 24.8 Å². The molecular weight excluding hydrogens is 282 g/mol. The lowest BCUT2D eigenvalue weighted by Crippen LogP contribution is -2.32. The van der Waals surface area contributed by atoms with Crippen LogP contribution in [0, 0.1) is 11.8 Å². The maximum atomic E-state index is 12.4. The van der Waals surface area contributed by atoms with Gasteiger partial charge in [-0.25, -0.2) is 0 Å². The molecule has 3 unspecified atom stereocenters. The summed E-state index contributed by atoms with van der Waals surface area (Å²) in [6.07, 6.45) is 1.02. The average Bonchev–Trinajstić information content (AvgIpc) is 2.84. The molecule has 0 spiro atoms. The molecule has 1 aromatic carbocycles. The van der Waals surface area contributed by atoms with E-state index in [-0.39, 0.29) is 17.9 Å². The molecule has 3 atom stereocenters. The molecule has 2 aliphatic rings. The third kappa shape index (κ3) is 3.85. The topological polar surface area (TPSA) is 66.8 Å². The molecule has 0 aromatic heterocycles. The zero-order chi connectivity index (χ0) is 16.1. The first kappa shape index (κ1) is 16.5. The smallest absolute Gasteiger partial charge is 0.300 e. The summed E-state index contributed by atoms with van der Waals surface area (Å²) >= 11 is 0. The van der Waals surface area contributed by atoms with Crippen molar-refractivity contribution in [3.63, 3.8) is 0 Å². The van der Waals surface area contributed by atoms with Gasteiger partial charge in [-0.1, -0.05) is 30.3 Å². The molecule has 2 fully saturated rings. The normalized spacial score (nSPS) is 25.0. The number of hydrogen-bond donors (Lipinski definition) is 1. The standard InChI is InChI=1S/C15H19NO2.C2H4O2/c1-11(12-5-3-2-4-6-12)16-9-13-7-8-18-10-14(13)15(16)17;1-2(3)4/h2-6,11,13-14H,7-10H2,1H3;1H3,(H,3,4). The van der Waals surface area contributed by atoms with Crippen LogP contribution in [0.1, 0.15) is 31.9 Å². The van der Waals surface area contributed by atoms with E-state index in [0.717, 1.165) is 26.5 Å². The van der Waals surface area contributed by atoms with E-state index in [9.17, 15) is 4.79 Å². The van der Waals surface area contributed by atoms with E-state index in [1.165, 1.54) is 5.56 Å². The van der Waals surface area contributed by atoms with Crippen molar-refractivity contribution in [3.8, 4) is 0 Å². The van der Waals surface area contributed by atoms with Crippen LogP contribution < -0.4 is 0 Å². The number of carbonyl (C=O) groups excluding carboxylic acids is 1. The van der Waals surface area contributed by atoms with E-state index >= 15 is 0 Å². The van der Waals surface area contributed by atoms with Crippen molar-refractivity contribution in [3.05, 3.63) is 35.9 Å². The number of ether oxygens (including phenoxy) is 1. The predicted molar refractivity (Wildman–Crippen MR) is 82.3 cm³/mol. The number of carbonyl (C=O) groups is 2. The van der Waals surface area contributed by atoms with Crippen LogP contribution >= 0.6 is 0 Å². The van der Waals surface area contributed by atoms with Crippen LogP contribution in [0.2, 0.25) is 0 Å². The van der Waals surface area contributed by atoms with E-state index in [1.54, 1.807) is 0 Å². The molecule has 2 saturated heterocycles. The molecule has 1 amide bonds. The van der Waals surface area contributed by atoms with E-state index in [4.69, 9.17) is 14.6 Å². The molecule has 120 valence electrons. The number of benzene rings is 1. The van der Waals surface area contributed by atoms with Crippen LogP contribution in [0.5, 0.6) is 0 Å². The van der Waals surface area contributed by atoms with Crippen LogP contribution in [0.25, 0.3) is 0 Å². The summed E-state index contributed by atoms with van der Waals surface area (Å²) in [5, 5.41) is 7.42. The molecule has 0 bridgehead atoms. The van der Waals surface area contributed by atoms with Gasteiger partial charge in [0.2, 0.25) is 5.91 Å². The fourth-order valence-corrected chi connectivity index (χ4v) is 3.09. The summed E-state index contributed by atoms with van der Waals surface area (Å²) in [4.78, 5) is 23.4. The summed E-state index contributed by atoms with van der Waals surface area (Å²) in [5.74, 6) is 0.0402. The van der Waals surface area contributed by atoms with Gasteiger partial charge >= 0.3 is 0 Å². The Morgan fingerprint density at radius 3 is 2.59 bits per heavy atom. The predicted octanol–water partition coefficient (Wildman–Crippen LogP) is 2.33. The van der Waals surface area contributed by atoms with Gasteiger partial charge in [-0.2, -0.15) is 0 Å². The highest BCUT2D eigenvalue weighted by atomic mass is 16.5. The Morgan fingerprint density at radius 1 is 1.36 bits per heavy atom. The summed E-state index contributed by atoms with van der Waals surface area (Å²) in [6.45, 7) is 5.51. The number of amides is 1. The fourth-order valence-electron chi connectivity index (χ4n) is 3.09. The third-order valence-electron chi connectivity index (χ3n) is 4.28. The Hall–Kier alpha value is -1.88. The number of nitrogens with zero attached hydrogens (tertiary/aromatic N) is 1. The van der Waals surface area contributed by atoms with Gasteiger partial charge in [-0.3, -0.25) is 9.59 Å². The molecule has 0 saturated carbocycles. The number of carboxylic acids is 1. The van der Waals surface area contributed by atoms with E-state index < -0.39 is 5.97 Å². The number of carboxylic acid groups (broad SMARTS) is 1. The Morgan fingerprint density at radius 2 is 2.00 bits per heavy atom. The number of hydrogen-bond acceptors (Lipinski definition) is 3. The lowest BCUT2D eigenvalue weighted by Gasteiger charge is -2.25. The highest BCUT2D eigenvalue weighted by molar-refractivity contribution is 5.82. The van der Waals surface area contributed by atoms with Crippen LogP contribution in [-0.4, -0.2) is 41.6 Å². The first-order chi connectivity index (χ1) is 10.5. The lowest BCUT2D eigenvalue weighted by atomic mass is 9.92.